The van der Waals surface area contributed by atoms with Crippen LogP contribution in [0.4, 0.5) is 0 Å². The largest absolute Gasteiger partial charge is 0.469 e. The number of carbonyl (C=O) groups is 3. The molecule has 0 spiro atoms. The zero-order valence-corrected chi connectivity index (χ0v) is 20.4. The maximum Gasteiger partial charge on any atom is 0.305 e. The number of ether oxygens (including phenoxy) is 2. The maximum absolute atomic E-state index is 13.8. The molecular formula is C27H40O5. The van der Waals surface area contributed by atoms with Gasteiger partial charge in [-0.2, -0.15) is 0 Å². The lowest BCUT2D eigenvalue weighted by Gasteiger charge is -2.56. The van der Waals surface area contributed by atoms with Crippen LogP contribution in [0, 0.1) is 40.4 Å². The van der Waals surface area contributed by atoms with Gasteiger partial charge in [0.15, 0.2) is 5.78 Å². The average molecular weight is 445 g/mol. The van der Waals surface area contributed by atoms with Crippen molar-refractivity contribution in [2.75, 3.05) is 7.11 Å². The number of carbonyl (C=O) groups excluding carboxylic acids is 3. The van der Waals surface area contributed by atoms with Crippen LogP contribution < -0.4 is 0 Å². The van der Waals surface area contributed by atoms with E-state index in [1.165, 1.54) is 19.6 Å². The van der Waals surface area contributed by atoms with Crippen molar-refractivity contribution in [3.8, 4) is 0 Å². The van der Waals surface area contributed by atoms with E-state index in [1.807, 2.05) is 6.08 Å². The van der Waals surface area contributed by atoms with Crippen LogP contribution in [-0.2, 0) is 23.9 Å². The summed E-state index contributed by atoms with van der Waals surface area (Å²) >= 11 is 0. The summed E-state index contributed by atoms with van der Waals surface area (Å²) < 4.78 is 10.4. The van der Waals surface area contributed by atoms with E-state index in [0.717, 1.165) is 51.4 Å². The fourth-order valence-electron chi connectivity index (χ4n) is 8.21. The molecule has 0 saturated heterocycles. The minimum absolute atomic E-state index is 0.0267. The predicted molar refractivity (Wildman–Crippen MR) is 122 cm³/mol. The smallest absolute Gasteiger partial charge is 0.305 e. The van der Waals surface area contributed by atoms with Gasteiger partial charge in [0.2, 0.25) is 0 Å². The molecule has 8 atom stereocenters. The topological polar surface area (TPSA) is 69.7 Å². The molecule has 4 aliphatic carbocycles. The van der Waals surface area contributed by atoms with Gasteiger partial charge in [-0.15, -0.1) is 0 Å². The van der Waals surface area contributed by atoms with E-state index in [0.29, 0.717) is 41.8 Å². The summed E-state index contributed by atoms with van der Waals surface area (Å²) in [5.74, 6) is 1.99. The number of methoxy groups -OCH3 is 1. The van der Waals surface area contributed by atoms with Crippen LogP contribution in [-0.4, -0.2) is 30.9 Å². The third-order valence-corrected chi connectivity index (χ3v) is 10.0. The van der Waals surface area contributed by atoms with Gasteiger partial charge in [-0.25, -0.2) is 0 Å². The van der Waals surface area contributed by atoms with Gasteiger partial charge in [-0.3, -0.25) is 14.4 Å². The molecule has 0 amide bonds. The van der Waals surface area contributed by atoms with Gasteiger partial charge in [-0.1, -0.05) is 26.3 Å². The highest BCUT2D eigenvalue weighted by Crippen LogP contribution is 2.65. The van der Waals surface area contributed by atoms with Crippen LogP contribution in [0.3, 0.4) is 0 Å². The van der Waals surface area contributed by atoms with E-state index in [1.54, 1.807) is 0 Å². The molecule has 3 fully saturated rings. The Morgan fingerprint density at radius 1 is 1.16 bits per heavy atom. The second kappa shape index (κ2) is 8.61. The molecule has 0 bridgehead atoms. The highest BCUT2D eigenvalue weighted by Gasteiger charge is 2.61. The van der Waals surface area contributed by atoms with Gasteiger partial charge in [0.1, 0.15) is 6.10 Å². The first kappa shape index (κ1) is 23.5. The third-order valence-electron chi connectivity index (χ3n) is 10.0. The summed E-state index contributed by atoms with van der Waals surface area (Å²) in [6.45, 7) is 8.28. The van der Waals surface area contributed by atoms with Crippen molar-refractivity contribution in [2.24, 2.45) is 40.4 Å². The summed E-state index contributed by atoms with van der Waals surface area (Å²) in [7, 11) is 1.44. The molecule has 4 rings (SSSR count). The van der Waals surface area contributed by atoms with Crippen molar-refractivity contribution >= 4 is 17.7 Å². The summed E-state index contributed by atoms with van der Waals surface area (Å²) in [6, 6.07) is 0. The molecule has 4 aliphatic rings. The minimum atomic E-state index is -0.318. The number of hydrogen-bond donors (Lipinski definition) is 0. The number of esters is 2. The number of fused-ring (bicyclic) bond motifs is 5. The van der Waals surface area contributed by atoms with E-state index in [-0.39, 0.29) is 28.9 Å². The lowest BCUT2D eigenvalue weighted by atomic mass is 9.48. The Bertz CT molecular complexity index is 815. The van der Waals surface area contributed by atoms with Crippen LogP contribution >= 0.6 is 0 Å². The van der Waals surface area contributed by atoms with Crippen LogP contribution in [0.1, 0.15) is 85.5 Å². The summed E-state index contributed by atoms with van der Waals surface area (Å²) in [4.78, 5) is 36.9. The van der Waals surface area contributed by atoms with Gasteiger partial charge in [0.25, 0.3) is 0 Å². The molecule has 0 aliphatic heterocycles. The van der Waals surface area contributed by atoms with Crippen molar-refractivity contribution < 1.29 is 23.9 Å². The predicted octanol–water partition coefficient (Wildman–Crippen LogP) is 5.27. The Balaban J connectivity index is 1.56. The number of hydrogen-bond acceptors (Lipinski definition) is 5. The minimum Gasteiger partial charge on any atom is -0.469 e. The van der Waals surface area contributed by atoms with Crippen molar-refractivity contribution in [1.82, 2.24) is 0 Å². The van der Waals surface area contributed by atoms with Gasteiger partial charge in [0.05, 0.1) is 7.11 Å². The number of allylic oxidation sites excluding steroid dienone is 2. The van der Waals surface area contributed by atoms with E-state index in [2.05, 4.69) is 20.8 Å². The van der Waals surface area contributed by atoms with Gasteiger partial charge >= 0.3 is 11.9 Å². The molecule has 0 unspecified atom stereocenters. The monoisotopic (exact) mass is 444 g/mol. The Kier molecular flexibility index (Phi) is 6.32. The second-order valence-electron chi connectivity index (χ2n) is 11.4. The molecule has 0 aromatic heterocycles. The zero-order chi connectivity index (χ0) is 23.3. The fourth-order valence-corrected chi connectivity index (χ4v) is 8.21. The zero-order valence-electron chi connectivity index (χ0n) is 20.4. The van der Waals surface area contributed by atoms with E-state index >= 15 is 0 Å². The average Bonchev–Trinajstić information content (AvgIpc) is 3.11. The van der Waals surface area contributed by atoms with Crippen molar-refractivity contribution in [1.29, 1.82) is 0 Å². The standard InChI is InChI=1S/C27H40O5/c1-16(6-11-25(30)31-5)21-9-10-22-20-8-7-18-14-19(32-17(2)28)12-13-26(18,3)23(20)15-24(29)27(21,22)4/h15-16,18-22H,6-14H2,1-5H3/t16-,18+,19+,20-,21-,22-,26+,27-/m0/s1. The molecule has 178 valence electrons. The summed E-state index contributed by atoms with van der Waals surface area (Å²) in [5, 5.41) is 0. The molecule has 5 heteroatoms. The molecule has 5 nitrogen and oxygen atoms in total. The van der Waals surface area contributed by atoms with Gasteiger partial charge < -0.3 is 9.47 Å². The molecule has 0 aromatic carbocycles. The summed E-state index contributed by atoms with van der Waals surface area (Å²) in [5.41, 5.74) is 1.12. The van der Waals surface area contributed by atoms with E-state index in [4.69, 9.17) is 9.47 Å². The molecular weight excluding hydrogens is 404 g/mol. The lowest BCUT2D eigenvalue weighted by molar-refractivity contribution is -0.151. The van der Waals surface area contributed by atoms with Crippen molar-refractivity contribution in [2.45, 2.75) is 91.6 Å². The molecule has 0 radical (unpaired) electrons. The van der Waals surface area contributed by atoms with E-state index < -0.39 is 0 Å². The fraction of sp³-hybridized carbons (Fsp3) is 0.815. The second-order valence-corrected chi connectivity index (χ2v) is 11.4. The first-order valence-electron chi connectivity index (χ1n) is 12.6. The SMILES string of the molecule is COC(=O)CC[C@H](C)[C@@H]1CC[C@H]2[C@@H]3CC[C@@H]4C[C@H](OC(C)=O)CC[C@@]4(C)C3=CC(=O)[C@]21C. The molecule has 0 N–H and O–H groups in total. The molecule has 0 aromatic rings. The summed E-state index contributed by atoms with van der Waals surface area (Å²) in [6.07, 6.45) is 10.5. The Hall–Kier alpha value is -1.65. The first-order valence-corrected chi connectivity index (χ1v) is 12.6. The molecule has 0 heterocycles. The Morgan fingerprint density at radius 2 is 1.91 bits per heavy atom. The van der Waals surface area contributed by atoms with Gasteiger partial charge in [0, 0.05) is 18.8 Å². The molecule has 3 saturated carbocycles. The highest BCUT2D eigenvalue weighted by molar-refractivity contribution is 5.97. The number of ketones is 1. The van der Waals surface area contributed by atoms with Gasteiger partial charge in [-0.05, 0) is 92.4 Å². The Labute approximate surface area is 192 Å². The van der Waals surface area contributed by atoms with Crippen molar-refractivity contribution in [3.63, 3.8) is 0 Å². The highest BCUT2D eigenvalue weighted by atomic mass is 16.5. The van der Waals surface area contributed by atoms with Crippen LogP contribution in [0.15, 0.2) is 11.6 Å². The van der Waals surface area contributed by atoms with E-state index in [9.17, 15) is 14.4 Å². The lowest BCUT2D eigenvalue weighted by Crippen LogP contribution is -2.52. The van der Waals surface area contributed by atoms with Crippen LogP contribution in [0.5, 0.6) is 0 Å². The van der Waals surface area contributed by atoms with Crippen LogP contribution in [0.2, 0.25) is 0 Å². The normalized spacial score (nSPS) is 41.6. The van der Waals surface area contributed by atoms with Crippen molar-refractivity contribution in [3.05, 3.63) is 11.6 Å². The quantitative estimate of drug-likeness (QED) is 0.541. The molecule has 32 heavy (non-hydrogen) atoms. The van der Waals surface area contributed by atoms with Crippen LogP contribution in [0.25, 0.3) is 0 Å². The third kappa shape index (κ3) is 3.74. The Morgan fingerprint density at radius 3 is 2.59 bits per heavy atom. The first-order chi connectivity index (χ1) is 15.1. The maximum atomic E-state index is 13.8. The number of rotatable bonds is 5.